The van der Waals surface area contributed by atoms with E-state index in [2.05, 4.69) is 10.3 Å². The molecule has 0 heterocycles. The van der Waals surface area contributed by atoms with Crippen LogP contribution in [0, 0.1) is 0 Å². The Kier molecular flexibility index (Phi) is 10.4. The first-order chi connectivity index (χ1) is 9.95. The highest BCUT2D eigenvalue weighted by Gasteiger charge is 2.12. The van der Waals surface area contributed by atoms with Crippen LogP contribution in [0.5, 0.6) is 0 Å². The number of methoxy groups -OCH3 is 1. The van der Waals surface area contributed by atoms with Crippen molar-refractivity contribution in [3.8, 4) is 0 Å². The van der Waals surface area contributed by atoms with Crippen LogP contribution in [-0.4, -0.2) is 46.4 Å². The molecule has 0 spiro atoms. The van der Waals surface area contributed by atoms with Crippen molar-refractivity contribution in [3.63, 3.8) is 0 Å². The fourth-order valence-corrected chi connectivity index (χ4v) is 3.11. The average molecular weight is 441 g/mol. The first kappa shape index (κ1) is 21.1. The zero-order chi connectivity index (χ0) is 15.7. The predicted octanol–water partition coefficient (Wildman–Crippen LogP) is 1.41. The molecule has 0 aliphatic carbocycles. The van der Waals surface area contributed by atoms with Gasteiger partial charge in [0.1, 0.15) is 0 Å². The van der Waals surface area contributed by atoms with E-state index in [0.717, 1.165) is 0 Å². The van der Waals surface area contributed by atoms with Gasteiger partial charge in [-0.05, 0) is 25.5 Å². The smallest absolute Gasteiger partial charge is 0.188 e. The number of nitrogens with two attached hydrogens (primary N) is 1. The Morgan fingerprint density at radius 3 is 2.59 bits per heavy atom. The van der Waals surface area contributed by atoms with Gasteiger partial charge in [-0.2, -0.15) is 0 Å². The summed E-state index contributed by atoms with van der Waals surface area (Å²) in [6.45, 7) is 2.81. The van der Waals surface area contributed by atoms with E-state index in [9.17, 15) is 8.42 Å². The zero-order valence-electron chi connectivity index (χ0n) is 12.9. The van der Waals surface area contributed by atoms with Crippen LogP contribution in [0.3, 0.4) is 0 Å². The van der Waals surface area contributed by atoms with Gasteiger partial charge in [-0.3, -0.25) is 4.99 Å². The van der Waals surface area contributed by atoms with Gasteiger partial charge in [0.15, 0.2) is 15.8 Å². The summed E-state index contributed by atoms with van der Waals surface area (Å²) in [6.07, 6.45) is 0.429. The molecule has 0 saturated heterocycles. The van der Waals surface area contributed by atoms with Crippen molar-refractivity contribution >= 4 is 39.8 Å². The second-order valence-electron chi connectivity index (χ2n) is 4.75. The molecule has 0 fully saturated rings. The molecule has 0 aliphatic rings. The lowest BCUT2D eigenvalue weighted by atomic mass is 10.4. The molecular weight excluding hydrogens is 417 g/mol. The van der Waals surface area contributed by atoms with Gasteiger partial charge in [-0.25, -0.2) is 8.42 Å². The second-order valence-corrected chi connectivity index (χ2v) is 6.86. The van der Waals surface area contributed by atoms with E-state index >= 15 is 0 Å². The van der Waals surface area contributed by atoms with E-state index in [1.165, 1.54) is 0 Å². The van der Waals surface area contributed by atoms with Crippen molar-refractivity contribution in [3.05, 3.63) is 30.3 Å². The molecule has 1 aromatic carbocycles. The third-order valence-electron chi connectivity index (χ3n) is 2.77. The zero-order valence-corrected chi connectivity index (χ0v) is 16.0. The SMILES string of the molecule is COCC(C)NC(N)=NCCCS(=O)(=O)c1ccccc1.I. The quantitative estimate of drug-likeness (QED) is 0.275. The van der Waals surface area contributed by atoms with Gasteiger partial charge in [0.05, 0.1) is 17.3 Å². The standard InChI is InChI=1S/C14H23N3O3S.HI/c1-12(11-20-2)17-14(15)16-9-6-10-21(18,19)13-7-4-3-5-8-13;/h3-5,7-8,12H,6,9-11H2,1-2H3,(H3,15,16,17);1H. The van der Waals surface area contributed by atoms with Crippen LogP contribution in [0.15, 0.2) is 40.2 Å². The minimum Gasteiger partial charge on any atom is -0.383 e. The maximum absolute atomic E-state index is 12.0. The Hall–Kier alpha value is -0.870. The van der Waals surface area contributed by atoms with Crippen molar-refractivity contribution in [1.82, 2.24) is 5.32 Å². The number of halogens is 1. The van der Waals surface area contributed by atoms with Crippen LogP contribution < -0.4 is 11.1 Å². The van der Waals surface area contributed by atoms with Crippen molar-refractivity contribution in [2.45, 2.75) is 24.3 Å². The summed E-state index contributed by atoms with van der Waals surface area (Å²) in [5.41, 5.74) is 5.70. The van der Waals surface area contributed by atoms with Crippen LogP contribution in [0.1, 0.15) is 13.3 Å². The minimum atomic E-state index is -3.24. The highest BCUT2D eigenvalue weighted by molar-refractivity contribution is 14.0. The lowest BCUT2D eigenvalue weighted by Gasteiger charge is -2.13. The monoisotopic (exact) mass is 441 g/mol. The first-order valence-corrected chi connectivity index (χ1v) is 8.44. The molecule has 126 valence electrons. The number of nitrogens with one attached hydrogen (secondary N) is 1. The van der Waals surface area contributed by atoms with Crippen molar-refractivity contribution in [2.24, 2.45) is 10.7 Å². The van der Waals surface area contributed by atoms with Crippen molar-refractivity contribution in [2.75, 3.05) is 26.0 Å². The number of hydrogen-bond donors (Lipinski definition) is 2. The third kappa shape index (κ3) is 7.95. The first-order valence-electron chi connectivity index (χ1n) is 6.79. The molecule has 8 heteroatoms. The van der Waals surface area contributed by atoms with E-state index in [0.29, 0.717) is 30.4 Å². The second kappa shape index (κ2) is 10.8. The molecule has 1 unspecified atom stereocenters. The van der Waals surface area contributed by atoms with Crippen LogP contribution in [0.2, 0.25) is 0 Å². The molecule has 6 nitrogen and oxygen atoms in total. The van der Waals surface area contributed by atoms with Gasteiger partial charge >= 0.3 is 0 Å². The summed E-state index contributed by atoms with van der Waals surface area (Å²) in [4.78, 5) is 4.45. The Balaban J connectivity index is 0.00000441. The van der Waals surface area contributed by atoms with E-state index in [1.54, 1.807) is 37.4 Å². The number of sulfone groups is 1. The van der Waals surface area contributed by atoms with Crippen LogP contribution in [0.25, 0.3) is 0 Å². The van der Waals surface area contributed by atoms with E-state index in [-0.39, 0.29) is 35.8 Å². The third-order valence-corrected chi connectivity index (χ3v) is 4.58. The molecule has 22 heavy (non-hydrogen) atoms. The van der Waals surface area contributed by atoms with Gasteiger partial charge in [-0.15, -0.1) is 24.0 Å². The van der Waals surface area contributed by atoms with E-state index in [1.807, 2.05) is 6.92 Å². The van der Waals surface area contributed by atoms with Crippen LogP contribution in [0.4, 0.5) is 0 Å². The minimum absolute atomic E-state index is 0. The predicted molar refractivity (Wildman–Crippen MR) is 99.5 cm³/mol. The molecule has 0 radical (unpaired) electrons. The van der Waals surface area contributed by atoms with Gasteiger partial charge in [0.25, 0.3) is 0 Å². The van der Waals surface area contributed by atoms with Crippen LogP contribution >= 0.6 is 24.0 Å². The summed E-state index contributed by atoms with van der Waals surface area (Å²) in [6, 6.07) is 8.47. The molecule has 3 N–H and O–H groups in total. The number of guanidine groups is 1. The number of benzene rings is 1. The Morgan fingerprint density at radius 1 is 1.36 bits per heavy atom. The topological polar surface area (TPSA) is 93.8 Å². The fourth-order valence-electron chi connectivity index (χ4n) is 1.79. The lowest BCUT2D eigenvalue weighted by Crippen LogP contribution is -2.40. The number of hydrogen-bond acceptors (Lipinski definition) is 4. The fraction of sp³-hybridized carbons (Fsp3) is 0.500. The van der Waals surface area contributed by atoms with Crippen molar-refractivity contribution in [1.29, 1.82) is 0 Å². The number of rotatable bonds is 8. The van der Waals surface area contributed by atoms with Gasteiger partial charge in [-0.1, -0.05) is 18.2 Å². The van der Waals surface area contributed by atoms with Crippen molar-refractivity contribution < 1.29 is 13.2 Å². The van der Waals surface area contributed by atoms with Crippen LogP contribution in [-0.2, 0) is 14.6 Å². The molecule has 0 saturated carbocycles. The molecule has 0 aliphatic heterocycles. The normalized spacial score (nSPS) is 13.3. The molecule has 0 bridgehead atoms. The van der Waals surface area contributed by atoms with E-state index in [4.69, 9.17) is 10.5 Å². The summed E-state index contributed by atoms with van der Waals surface area (Å²) in [5, 5.41) is 2.96. The maximum Gasteiger partial charge on any atom is 0.188 e. The molecule has 1 atom stereocenters. The maximum atomic E-state index is 12.0. The Bertz CT molecular complexity index is 550. The number of ether oxygens (including phenoxy) is 1. The highest BCUT2D eigenvalue weighted by Crippen LogP contribution is 2.10. The average Bonchev–Trinajstić information content (AvgIpc) is 2.45. The Labute approximate surface area is 149 Å². The molecule has 0 aromatic heterocycles. The highest BCUT2D eigenvalue weighted by atomic mass is 127. The van der Waals surface area contributed by atoms with Gasteiger partial charge in [0, 0.05) is 19.7 Å². The molecular formula is C14H24IN3O3S. The molecule has 0 amide bonds. The molecule has 1 rings (SSSR count). The van der Waals surface area contributed by atoms with Gasteiger partial charge in [0.2, 0.25) is 0 Å². The number of aliphatic imine (C=N–C) groups is 1. The van der Waals surface area contributed by atoms with Gasteiger partial charge < -0.3 is 15.8 Å². The molecule has 1 aromatic rings. The number of nitrogens with zero attached hydrogens (tertiary/aromatic N) is 1. The summed E-state index contributed by atoms with van der Waals surface area (Å²) in [7, 11) is -1.63. The Morgan fingerprint density at radius 2 is 2.00 bits per heavy atom. The van der Waals surface area contributed by atoms with E-state index < -0.39 is 9.84 Å². The lowest BCUT2D eigenvalue weighted by molar-refractivity contribution is 0.179. The largest absolute Gasteiger partial charge is 0.383 e. The summed E-state index contributed by atoms with van der Waals surface area (Å²) >= 11 is 0. The summed E-state index contributed by atoms with van der Waals surface area (Å²) in [5.74, 6) is 0.359. The summed E-state index contributed by atoms with van der Waals surface area (Å²) < 4.78 is 29.0.